The molecule has 1 aliphatic carbocycles. The van der Waals surface area contributed by atoms with Gasteiger partial charge in [-0.2, -0.15) is 0 Å². The van der Waals surface area contributed by atoms with Crippen molar-refractivity contribution in [1.82, 2.24) is 4.90 Å². The first-order valence-corrected chi connectivity index (χ1v) is 9.66. The Kier molecular flexibility index (Phi) is 4.51. The lowest BCUT2D eigenvalue weighted by Gasteiger charge is -2.37. The molecule has 6 nitrogen and oxygen atoms in total. The first-order chi connectivity index (χ1) is 12.6. The van der Waals surface area contributed by atoms with E-state index in [0.717, 1.165) is 25.8 Å². The lowest BCUT2D eigenvalue weighted by Crippen LogP contribution is -2.49. The number of hydrogen-bond donors (Lipinski definition) is 1. The Labute approximate surface area is 153 Å². The molecule has 3 aliphatic rings. The van der Waals surface area contributed by atoms with Crippen molar-refractivity contribution in [3.05, 3.63) is 18.2 Å². The van der Waals surface area contributed by atoms with Crippen molar-refractivity contribution in [3.8, 4) is 11.5 Å². The lowest BCUT2D eigenvalue weighted by molar-refractivity contribution is -0.145. The Morgan fingerprint density at radius 2 is 1.96 bits per heavy atom. The Balaban J connectivity index is 1.48. The van der Waals surface area contributed by atoms with E-state index in [-0.39, 0.29) is 17.9 Å². The highest BCUT2D eigenvalue weighted by Gasteiger charge is 2.58. The maximum atomic E-state index is 13.1. The van der Waals surface area contributed by atoms with Crippen LogP contribution in [0.15, 0.2) is 18.2 Å². The lowest BCUT2D eigenvalue weighted by atomic mass is 9.95. The fourth-order valence-corrected chi connectivity index (χ4v) is 4.00. The molecule has 2 heterocycles. The zero-order valence-corrected chi connectivity index (χ0v) is 15.3. The zero-order valence-electron chi connectivity index (χ0n) is 15.3. The van der Waals surface area contributed by atoms with E-state index in [2.05, 4.69) is 12.2 Å². The minimum atomic E-state index is -0.877. The third-order valence-corrected chi connectivity index (χ3v) is 5.75. The van der Waals surface area contributed by atoms with Gasteiger partial charge in [-0.05, 0) is 50.7 Å². The number of nitrogens with one attached hydrogen (secondary N) is 1. The standard InChI is InChI=1S/C20H26N2O4/c1-2-15-5-3-4-10-22(15)19(24)20(8-9-20)18(23)21-14-6-7-16-17(13-14)26-12-11-25-16/h6-7,13,15H,2-5,8-12H2,1H3,(H,21,23). The highest BCUT2D eigenvalue weighted by molar-refractivity contribution is 6.13. The largest absolute Gasteiger partial charge is 0.486 e. The van der Waals surface area contributed by atoms with Gasteiger partial charge in [0.1, 0.15) is 18.6 Å². The molecule has 0 spiro atoms. The SMILES string of the molecule is CCC1CCCCN1C(=O)C1(C(=O)Nc2ccc3c(c2)OCCO3)CC1. The molecule has 6 heteroatoms. The van der Waals surface area contributed by atoms with Gasteiger partial charge in [-0.1, -0.05) is 6.92 Å². The van der Waals surface area contributed by atoms with E-state index < -0.39 is 5.41 Å². The summed E-state index contributed by atoms with van der Waals surface area (Å²) >= 11 is 0. The van der Waals surface area contributed by atoms with Gasteiger partial charge in [-0.15, -0.1) is 0 Å². The summed E-state index contributed by atoms with van der Waals surface area (Å²) in [4.78, 5) is 28.0. The third kappa shape index (κ3) is 3.02. The molecule has 2 aliphatic heterocycles. The monoisotopic (exact) mass is 358 g/mol. The molecule has 0 radical (unpaired) electrons. The number of nitrogens with zero attached hydrogens (tertiary/aromatic N) is 1. The van der Waals surface area contributed by atoms with Crippen LogP contribution in [0.25, 0.3) is 0 Å². The molecule has 2 amide bonds. The molecular formula is C20H26N2O4. The molecule has 2 fully saturated rings. The molecule has 4 rings (SSSR count). The van der Waals surface area contributed by atoms with Gasteiger partial charge in [0, 0.05) is 24.3 Å². The molecule has 1 atom stereocenters. The summed E-state index contributed by atoms with van der Waals surface area (Å²) in [5.41, 5.74) is -0.234. The molecule has 140 valence electrons. The molecule has 1 aromatic carbocycles. The zero-order chi connectivity index (χ0) is 18.1. The van der Waals surface area contributed by atoms with Gasteiger partial charge >= 0.3 is 0 Å². The van der Waals surface area contributed by atoms with Crippen LogP contribution in [0.3, 0.4) is 0 Å². The average molecular weight is 358 g/mol. The van der Waals surface area contributed by atoms with Gasteiger partial charge in [-0.25, -0.2) is 0 Å². The van der Waals surface area contributed by atoms with Crippen molar-refractivity contribution >= 4 is 17.5 Å². The van der Waals surface area contributed by atoms with Crippen molar-refractivity contribution in [2.75, 3.05) is 25.1 Å². The van der Waals surface area contributed by atoms with Crippen LogP contribution in [0.4, 0.5) is 5.69 Å². The van der Waals surface area contributed by atoms with Gasteiger partial charge in [0.15, 0.2) is 11.5 Å². The molecular weight excluding hydrogens is 332 g/mol. The Hall–Kier alpha value is -2.24. The van der Waals surface area contributed by atoms with Gasteiger partial charge < -0.3 is 19.7 Å². The fraction of sp³-hybridized carbons (Fsp3) is 0.600. The second kappa shape index (κ2) is 6.82. The van der Waals surface area contributed by atoms with Crippen LogP contribution in [0.2, 0.25) is 0 Å². The molecule has 1 saturated heterocycles. The normalized spacial score (nSPS) is 23.3. The van der Waals surface area contributed by atoms with Crippen molar-refractivity contribution in [2.24, 2.45) is 5.41 Å². The third-order valence-electron chi connectivity index (χ3n) is 5.75. The molecule has 0 bridgehead atoms. The van der Waals surface area contributed by atoms with E-state index >= 15 is 0 Å². The number of benzene rings is 1. The first-order valence-electron chi connectivity index (χ1n) is 9.66. The maximum absolute atomic E-state index is 13.1. The minimum Gasteiger partial charge on any atom is -0.486 e. The molecule has 1 unspecified atom stereocenters. The molecule has 0 aromatic heterocycles. The Bertz CT molecular complexity index is 714. The van der Waals surface area contributed by atoms with Crippen molar-refractivity contribution < 1.29 is 19.1 Å². The Morgan fingerprint density at radius 3 is 2.69 bits per heavy atom. The number of piperidine rings is 1. The Morgan fingerprint density at radius 1 is 1.19 bits per heavy atom. The van der Waals surface area contributed by atoms with Crippen LogP contribution in [-0.2, 0) is 9.59 Å². The van der Waals surface area contributed by atoms with Crippen LogP contribution in [0.1, 0.15) is 45.4 Å². The summed E-state index contributed by atoms with van der Waals surface area (Å²) in [7, 11) is 0. The fourth-order valence-electron chi connectivity index (χ4n) is 4.00. The number of carbonyl (C=O) groups excluding carboxylic acids is 2. The van der Waals surface area contributed by atoms with E-state index in [9.17, 15) is 9.59 Å². The van der Waals surface area contributed by atoms with E-state index in [1.807, 2.05) is 4.90 Å². The van der Waals surface area contributed by atoms with Crippen LogP contribution in [0, 0.1) is 5.41 Å². The maximum Gasteiger partial charge on any atom is 0.240 e. The second-order valence-corrected chi connectivity index (χ2v) is 7.45. The predicted octanol–water partition coefficient (Wildman–Crippen LogP) is 2.97. The molecule has 1 N–H and O–H groups in total. The summed E-state index contributed by atoms with van der Waals surface area (Å²) in [5, 5.41) is 2.93. The van der Waals surface area contributed by atoms with Gasteiger partial charge in [0.2, 0.25) is 11.8 Å². The van der Waals surface area contributed by atoms with Crippen molar-refractivity contribution in [3.63, 3.8) is 0 Å². The summed E-state index contributed by atoms with van der Waals surface area (Å²) in [5.74, 6) is 1.14. The van der Waals surface area contributed by atoms with Gasteiger partial charge in [0.25, 0.3) is 0 Å². The van der Waals surface area contributed by atoms with E-state index in [0.29, 0.717) is 43.2 Å². The van der Waals surface area contributed by atoms with Gasteiger partial charge in [0.05, 0.1) is 0 Å². The van der Waals surface area contributed by atoms with Crippen LogP contribution >= 0.6 is 0 Å². The summed E-state index contributed by atoms with van der Waals surface area (Å²) < 4.78 is 11.1. The van der Waals surface area contributed by atoms with Crippen molar-refractivity contribution in [1.29, 1.82) is 0 Å². The molecule has 1 aromatic rings. The summed E-state index contributed by atoms with van der Waals surface area (Å²) in [6.45, 7) is 3.92. The number of hydrogen-bond acceptors (Lipinski definition) is 4. The molecule has 26 heavy (non-hydrogen) atoms. The van der Waals surface area contributed by atoms with E-state index in [1.54, 1.807) is 18.2 Å². The summed E-state index contributed by atoms with van der Waals surface area (Å²) in [6, 6.07) is 5.63. The summed E-state index contributed by atoms with van der Waals surface area (Å²) in [6.07, 6.45) is 5.46. The van der Waals surface area contributed by atoms with Gasteiger partial charge in [-0.3, -0.25) is 9.59 Å². The smallest absolute Gasteiger partial charge is 0.240 e. The first kappa shape index (κ1) is 17.2. The number of ether oxygens (including phenoxy) is 2. The predicted molar refractivity (Wildman–Crippen MR) is 97.4 cm³/mol. The number of carbonyl (C=O) groups is 2. The van der Waals surface area contributed by atoms with E-state index in [4.69, 9.17) is 9.47 Å². The number of amides is 2. The van der Waals surface area contributed by atoms with Crippen molar-refractivity contribution in [2.45, 2.75) is 51.5 Å². The number of fused-ring (bicyclic) bond motifs is 1. The number of rotatable bonds is 4. The highest BCUT2D eigenvalue weighted by Crippen LogP contribution is 2.49. The number of likely N-dealkylation sites (tertiary alicyclic amines) is 1. The van der Waals surface area contributed by atoms with E-state index in [1.165, 1.54) is 6.42 Å². The molecule has 1 saturated carbocycles. The number of anilines is 1. The highest BCUT2D eigenvalue weighted by atomic mass is 16.6. The van der Waals surface area contributed by atoms with Crippen LogP contribution in [-0.4, -0.2) is 42.5 Å². The second-order valence-electron chi connectivity index (χ2n) is 7.45. The topological polar surface area (TPSA) is 67.9 Å². The van der Waals surface area contributed by atoms with Crippen LogP contribution < -0.4 is 14.8 Å². The average Bonchev–Trinajstić information content (AvgIpc) is 3.49. The minimum absolute atomic E-state index is 0.0130. The quantitative estimate of drug-likeness (QED) is 0.840. The van der Waals surface area contributed by atoms with Crippen LogP contribution in [0.5, 0.6) is 11.5 Å².